The molecule has 1 saturated heterocycles. The van der Waals surface area contributed by atoms with E-state index in [1.165, 1.54) is 0 Å². The summed E-state index contributed by atoms with van der Waals surface area (Å²) in [7, 11) is 0. The van der Waals surface area contributed by atoms with Gasteiger partial charge in [0.1, 0.15) is 0 Å². The normalized spacial score (nSPS) is 18.6. The van der Waals surface area contributed by atoms with Crippen molar-refractivity contribution in [1.82, 2.24) is 5.32 Å². The number of halogens is 1. The van der Waals surface area contributed by atoms with Gasteiger partial charge in [0.05, 0.1) is 5.41 Å². The molecule has 1 aliphatic heterocycles. The first-order chi connectivity index (χ1) is 8.19. The molecule has 1 N–H and O–H groups in total. The van der Waals surface area contributed by atoms with Crippen molar-refractivity contribution in [1.29, 1.82) is 0 Å². The number of benzene rings is 1. The first-order valence-electron chi connectivity index (χ1n) is 5.53. The molecule has 0 atom stereocenters. The molecule has 1 aromatic rings. The van der Waals surface area contributed by atoms with E-state index in [4.69, 9.17) is 0 Å². The van der Waals surface area contributed by atoms with Crippen LogP contribution in [0.5, 0.6) is 0 Å². The van der Waals surface area contributed by atoms with Crippen LogP contribution < -0.4 is 5.32 Å². The Labute approximate surface area is 108 Å². The molecule has 2 rings (SSSR count). The van der Waals surface area contributed by atoms with Crippen LogP contribution in [0.3, 0.4) is 0 Å². The minimum absolute atomic E-state index is 0.554. The Morgan fingerprint density at radius 3 is 2.35 bits per heavy atom. The summed E-state index contributed by atoms with van der Waals surface area (Å²) in [5.74, 6) is -0.554. The Morgan fingerprint density at radius 1 is 1.24 bits per heavy atom. The molecule has 0 aliphatic carbocycles. The van der Waals surface area contributed by atoms with Gasteiger partial charge in [0.25, 0.3) is 5.91 Å². The summed E-state index contributed by atoms with van der Waals surface area (Å²) in [6, 6.07) is 7.55. The standard InChI is InChI=1S/C12H13BrN2O2/c13-10-3-1-9(2-4-10)12(11(16)15-17)5-7-14-8-6-12/h1-4,14H,5-8H2. The minimum Gasteiger partial charge on any atom is -0.317 e. The maximum atomic E-state index is 11.9. The molecule has 5 heteroatoms. The lowest BCUT2D eigenvalue weighted by Gasteiger charge is -2.34. The molecule has 0 bridgehead atoms. The van der Waals surface area contributed by atoms with E-state index in [0.717, 1.165) is 23.1 Å². The zero-order chi connectivity index (χ0) is 12.3. The van der Waals surface area contributed by atoms with Crippen molar-refractivity contribution in [2.45, 2.75) is 18.3 Å². The van der Waals surface area contributed by atoms with Crippen molar-refractivity contribution in [3.8, 4) is 0 Å². The van der Waals surface area contributed by atoms with Gasteiger partial charge in [-0.3, -0.25) is 4.79 Å². The second-order valence-corrected chi connectivity index (χ2v) is 5.15. The number of hydrogen-bond donors (Lipinski definition) is 1. The number of amides is 1. The van der Waals surface area contributed by atoms with Gasteiger partial charge in [-0.25, -0.2) is 0 Å². The molecule has 0 saturated carbocycles. The van der Waals surface area contributed by atoms with Gasteiger partial charge in [0.15, 0.2) is 0 Å². The lowest BCUT2D eigenvalue weighted by Crippen LogP contribution is -2.44. The Kier molecular flexibility index (Phi) is 3.69. The topological polar surface area (TPSA) is 58.5 Å². The highest BCUT2D eigenvalue weighted by Crippen LogP contribution is 2.35. The van der Waals surface area contributed by atoms with Crippen molar-refractivity contribution >= 4 is 21.8 Å². The van der Waals surface area contributed by atoms with Crippen LogP contribution in [-0.2, 0) is 10.2 Å². The summed E-state index contributed by atoms with van der Waals surface area (Å²) in [4.78, 5) is 22.5. The molecule has 0 spiro atoms. The van der Waals surface area contributed by atoms with E-state index in [1.807, 2.05) is 24.3 Å². The summed E-state index contributed by atoms with van der Waals surface area (Å²) >= 11 is 3.36. The Hall–Kier alpha value is -1.07. The summed E-state index contributed by atoms with van der Waals surface area (Å²) < 4.78 is 0.955. The van der Waals surface area contributed by atoms with E-state index in [0.29, 0.717) is 12.8 Å². The average molecular weight is 297 g/mol. The summed E-state index contributed by atoms with van der Waals surface area (Å²) in [5.41, 5.74) is 0.153. The first kappa shape index (κ1) is 12.4. The molecule has 90 valence electrons. The number of rotatable bonds is 2. The number of nitrogens with one attached hydrogen (secondary N) is 1. The van der Waals surface area contributed by atoms with Gasteiger partial charge in [-0.05, 0) is 43.6 Å². The quantitative estimate of drug-likeness (QED) is 0.853. The highest BCUT2D eigenvalue weighted by molar-refractivity contribution is 9.10. The lowest BCUT2D eigenvalue weighted by atomic mass is 9.72. The zero-order valence-electron chi connectivity index (χ0n) is 9.28. The zero-order valence-corrected chi connectivity index (χ0v) is 10.9. The van der Waals surface area contributed by atoms with Crippen LogP contribution in [0.2, 0.25) is 0 Å². The molecule has 4 nitrogen and oxygen atoms in total. The van der Waals surface area contributed by atoms with Crippen LogP contribution in [0.15, 0.2) is 33.9 Å². The molecule has 17 heavy (non-hydrogen) atoms. The van der Waals surface area contributed by atoms with Gasteiger partial charge in [-0.15, -0.1) is 4.91 Å². The number of nitrogens with zero attached hydrogens (tertiary/aromatic N) is 1. The maximum Gasteiger partial charge on any atom is 0.296 e. The molecular weight excluding hydrogens is 284 g/mol. The molecule has 1 aliphatic rings. The number of hydrogen-bond acceptors (Lipinski definition) is 3. The van der Waals surface area contributed by atoms with Crippen molar-refractivity contribution < 1.29 is 4.79 Å². The van der Waals surface area contributed by atoms with Crippen LogP contribution in [0.4, 0.5) is 0 Å². The maximum absolute atomic E-state index is 11.9. The van der Waals surface area contributed by atoms with Crippen LogP contribution in [-0.4, -0.2) is 19.0 Å². The fraction of sp³-hybridized carbons (Fsp3) is 0.417. The van der Waals surface area contributed by atoms with Crippen molar-refractivity contribution in [3.63, 3.8) is 0 Å². The number of piperidine rings is 1. The Bertz CT molecular complexity index is 425. The molecule has 0 unspecified atom stereocenters. The van der Waals surface area contributed by atoms with E-state index in [2.05, 4.69) is 26.4 Å². The second-order valence-electron chi connectivity index (χ2n) is 4.24. The molecule has 0 aromatic heterocycles. The van der Waals surface area contributed by atoms with E-state index in [1.54, 1.807) is 0 Å². The molecular formula is C12H13BrN2O2. The van der Waals surface area contributed by atoms with E-state index in [9.17, 15) is 9.70 Å². The third-order valence-corrected chi connectivity index (χ3v) is 3.87. The van der Waals surface area contributed by atoms with Crippen molar-refractivity contribution in [3.05, 3.63) is 39.2 Å². The van der Waals surface area contributed by atoms with Gasteiger partial charge in [0.2, 0.25) is 0 Å². The third-order valence-electron chi connectivity index (χ3n) is 3.35. The van der Waals surface area contributed by atoms with Gasteiger partial charge < -0.3 is 5.32 Å². The average Bonchev–Trinajstić information content (AvgIpc) is 2.39. The van der Waals surface area contributed by atoms with E-state index < -0.39 is 11.3 Å². The Balaban J connectivity index is 2.42. The van der Waals surface area contributed by atoms with Crippen LogP contribution in [0.1, 0.15) is 18.4 Å². The SMILES string of the molecule is O=NC(=O)C1(c2ccc(Br)cc2)CCNCC1. The smallest absolute Gasteiger partial charge is 0.296 e. The lowest BCUT2D eigenvalue weighted by molar-refractivity contribution is -0.124. The summed E-state index contributed by atoms with van der Waals surface area (Å²) in [6.45, 7) is 1.47. The predicted molar refractivity (Wildman–Crippen MR) is 68.7 cm³/mol. The fourth-order valence-corrected chi connectivity index (χ4v) is 2.60. The summed E-state index contributed by atoms with van der Waals surface area (Å²) in [6.07, 6.45) is 1.25. The van der Waals surface area contributed by atoms with Gasteiger partial charge >= 0.3 is 0 Å². The fourth-order valence-electron chi connectivity index (χ4n) is 2.34. The molecule has 1 aromatic carbocycles. The van der Waals surface area contributed by atoms with Crippen LogP contribution in [0, 0.1) is 4.91 Å². The number of carbonyl (C=O) groups is 1. The predicted octanol–water partition coefficient (Wildman–Crippen LogP) is 2.36. The van der Waals surface area contributed by atoms with Crippen molar-refractivity contribution in [2.75, 3.05) is 13.1 Å². The van der Waals surface area contributed by atoms with E-state index >= 15 is 0 Å². The second kappa shape index (κ2) is 5.06. The third kappa shape index (κ3) is 2.30. The van der Waals surface area contributed by atoms with Crippen molar-refractivity contribution in [2.24, 2.45) is 5.18 Å². The van der Waals surface area contributed by atoms with Crippen LogP contribution in [0.25, 0.3) is 0 Å². The highest BCUT2D eigenvalue weighted by Gasteiger charge is 2.42. The van der Waals surface area contributed by atoms with Gasteiger partial charge in [0, 0.05) is 9.65 Å². The monoisotopic (exact) mass is 296 g/mol. The minimum atomic E-state index is -0.728. The van der Waals surface area contributed by atoms with Gasteiger partial charge in [-0.2, -0.15) is 0 Å². The molecule has 1 amide bonds. The molecule has 1 heterocycles. The highest BCUT2D eigenvalue weighted by atomic mass is 79.9. The largest absolute Gasteiger partial charge is 0.317 e. The Morgan fingerprint density at radius 2 is 1.82 bits per heavy atom. The molecule has 1 fully saturated rings. The summed E-state index contributed by atoms with van der Waals surface area (Å²) in [5, 5.41) is 5.85. The molecule has 0 radical (unpaired) electrons. The van der Waals surface area contributed by atoms with Gasteiger partial charge in [-0.1, -0.05) is 28.1 Å². The number of nitroso groups, excluding NO2 is 1. The van der Waals surface area contributed by atoms with Crippen LogP contribution >= 0.6 is 15.9 Å². The number of carbonyl (C=O) groups excluding carboxylic acids is 1. The first-order valence-corrected chi connectivity index (χ1v) is 6.33. The van der Waals surface area contributed by atoms with E-state index in [-0.39, 0.29) is 0 Å².